The molecule has 0 aromatic carbocycles. The highest BCUT2D eigenvalue weighted by molar-refractivity contribution is 9.10. The maximum absolute atomic E-state index is 5.58. The second-order valence-corrected chi connectivity index (χ2v) is 4.11. The molecule has 13 heavy (non-hydrogen) atoms. The Morgan fingerprint density at radius 3 is 2.69 bits per heavy atom. The van der Waals surface area contributed by atoms with Gasteiger partial charge in [0, 0.05) is 5.39 Å². The number of aromatic nitrogens is 2. The van der Waals surface area contributed by atoms with Crippen molar-refractivity contribution in [3.05, 3.63) is 27.4 Å². The minimum absolute atomic E-state index is 0.489. The van der Waals surface area contributed by atoms with Gasteiger partial charge in [-0.3, -0.25) is 0 Å². The third-order valence-corrected chi connectivity index (χ3v) is 2.61. The van der Waals surface area contributed by atoms with Crippen LogP contribution >= 0.6 is 31.9 Å². The Bertz CT molecular complexity index is 470. The predicted octanol–water partition coefficient (Wildman–Crippen LogP) is 2.74. The molecule has 66 valence electrons. The van der Waals surface area contributed by atoms with Gasteiger partial charge in [0.25, 0.3) is 0 Å². The summed E-state index contributed by atoms with van der Waals surface area (Å²) in [4.78, 5) is 8.32. The number of fused-ring (bicyclic) bond motifs is 1. The standard InChI is InChI=1S/C8H5Br2N3/c9-5-2-1-4-3-6(11)13-8(10)7(4)12-5/h1-3H,(H2,11,13). The molecule has 2 rings (SSSR count). The Balaban J connectivity index is 2.87. The summed E-state index contributed by atoms with van der Waals surface area (Å²) in [5, 5.41) is 0.975. The van der Waals surface area contributed by atoms with E-state index in [4.69, 9.17) is 5.73 Å². The fraction of sp³-hybridized carbons (Fsp3) is 0. The van der Waals surface area contributed by atoms with Crippen LogP contribution in [0.25, 0.3) is 10.9 Å². The Morgan fingerprint density at radius 1 is 1.15 bits per heavy atom. The molecule has 0 fully saturated rings. The van der Waals surface area contributed by atoms with Crippen LogP contribution in [0, 0.1) is 0 Å². The molecule has 2 aromatic rings. The Kier molecular flexibility index (Phi) is 2.21. The van der Waals surface area contributed by atoms with E-state index in [0.717, 1.165) is 15.5 Å². The van der Waals surface area contributed by atoms with Gasteiger partial charge in [-0.05, 0) is 50.1 Å². The summed E-state index contributed by atoms with van der Waals surface area (Å²) in [6, 6.07) is 5.60. The van der Waals surface area contributed by atoms with Gasteiger partial charge < -0.3 is 5.73 Å². The monoisotopic (exact) mass is 301 g/mol. The first-order valence-electron chi connectivity index (χ1n) is 3.55. The quantitative estimate of drug-likeness (QED) is 0.761. The van der Waals surface area contributed by atoms with E-state index in [2.05, 4.69) is 41.8 Å². The van der Waals surface area contributed by atoms with Crippen molar-refractivity contribution in [3.8, 4) is 0 Å². The number of anilines is 1. The molecular formula is C8H5Br2N3. The lowest BCUT2D eigenvalue weighted by molar-refractivity contribution is 1.26. The Labute approximate surface area is 91.6 Å². The highest BCUT2D eigenvalue weighted by atomic mass is 79.9. The minimum Gasteiger partial charge on any atom is -0.384 e. The van der Waals surface area contributed by atoms with Crippen molar-refractivity contribution in [1.82, 2.24) is 9.97 Å². The number of hydrogen-bond donors (Lipinski definition) is 1. The van der Waals surface area contributed by atoms with Crippen LogP contribution < -0.4 is 5.73 Å². The van der Waals surface area contributed by atoms with Gasteiger partial charge in [0.1, 0.15) is 20.5 Å². The molecule has 0 atom stereocenters. The van der Waals surface area contributed by atoms with E-state index in [1.807, 2.05) is 12.1 Å². The van der Waals surface area contributed by atoms with Crippen LogP contribution in [0.2, 0.25) is 0 Å². The van der Waals surface area contributed by atoms with Gasteiger partial charge in [0.05, 0.1) is 0 Å². The molecule has 0 aliphatic heterocycles. The van der Waals surface area contributed by atoms with Gasteiger partial charge in [0.15, 0.2) is 0 Å². The fourth-order valence-electron chi connectivity index (χ4n) is 1.09. The molecule has 0 aliphatic rings. The van der Waals surface area contributed by atoms with Crippen molar-refractivity contribution < 1.29 is 0 Å². The van der Waals surface area contributed by atoms with Crippen LogP contribution in [0.3, 0.4) is 0 Å². The van der Waals surface area contributed by atoms with Crippen LogP contribution in [0.15, 0.2) is 27.4 Å². The van der Waals surface area contributed by atoms with Gasteiger partial charge in [-0.1, -0.05) is 0 Å². The van der Waals surface area contributed by atoms with Gasteiger partial charge in [-0.2, -0.15) is 0 Å². The minimum atomic E-state index is 0.489. The lowest BCUT2D eigenvalue weighted by Gasteiger charge is -2.01. The summed E-state index contributed by atoms with van der Waals surface area (Å²) < 4.78 is 1.45. The second-order valence-electron chi connectivity index (χ2n) is 2.54. The SMILES string of the molecule is Nc1cc2ccc(Br)nc2c(Br)n1. The second kappa shape index (κ2) is 3.23. The number of rotatable bonds is 0. The largest absolute Gasteiger partial charge is 0.384 e. The molecule has 2 N–H and O–H groups in total. The predicted molar refractivity (Wildman–Crippen MR) is 59.4 cm³/mol. The summed E-state index contributed by atoms with van der Waals surface area (Å²) in [6.45, 7) is 0. The van der Waals surface area contributed by atoms with Crippen molar-refractivity contribution >= 4 is 48.6 Å². The maximum Gasteiger partial charge on any atom is 0.134 e. The van der Waals surface area contributed by atoms with Crippen LogP contribution in [0.5, 0.6) is 0 Å². The van der Waals surface area contributed by atoms with Gasteiger partial charge >= 0.3 is 0 Å². The van der Waals surface area contributed by atoms with Gasteiger partial charge in [0.2, 0.25) is 0 Å². The van der Waals surface area contributed by atoms with E-state index in [-0.39, 0.29) is 0 Å². The summed E-state index contributed by atoms with van der Waals surface area (Å²) in [5.74, 6) is 0.489. The molecule has 0 saturated heterocycles. The summed E-state index contributed by atoms with van der Waals surface area (Å²) in [5.41, 5.74) is 6.39. The van der Waals surface area contributed by atoms with E-state index in [0.29, 0.717) is 10.4 Å². The summed E-state index contributed by atoms with van der Waals surface area (Å²) in [6.07, 6.45) is 0. The first-order chi connectivity index (χ1) is 6.16. The third-order valence-electron chi connectivity index (χ3n) is 1.62. The van der Waals surface area contributed by atoms with Crippen molar-refractivity contribution in [1.29, 1.82) is 0 Å². The van der Waals surface area contributed by atoms with E-state index in [9.17, 15) is 0 Å². The molecule has 0 unspecified atom stereocenters. The van der Waals surface area contributed by atoms with Gasteiger partial charge in [-0.25, -0.2) is 9.97 Å². The molecule has 5 heteroatoms. The fourth-order valence-corrected chi connectivity index (χ4v) is 1.92. The molecule has 0 radical (unpaired) electrons. The smallest absolute Gasteiger partial charge is 0.134 e. The molecule has 3 nitrogen and oxygen atoms in total. The number of hydrogen-bond acceptors (Lipinski definition) is 3. The average Bonchev–Trinajstić information content (AvgIpc) is 2.06. The molecule has 2 aromatic heterocycles. The number of nitrogen functional groups attached to an aromatic ring is 1. The Hall–Kier alpha value is -0.680. The number of pyridine rings is 2. The zero-order chi connectivity index (χ0) is 9.42. The lowest BCUT2D eigenvalue weighted by atomic mass is 10.2. The van der Waals surface area contributed by atoms with Crippen LogP contribution in [-0.4, -0.2) is 9.97 Å². The van der Waals surface area contributed by atoms with Crippen molar-refractivity contribution in [2.75, 3.05) is 5.73 Å². The molecule has 0 bridgehead atoms. The molecule has 2 heterocycles. The van der Waals surface area contributed by atoms with Gasteiger partial charge in [-0.15, -0.1) is 0 Å². The maximum atomic E-state index is 5.58. The highest BCUT2D eigenvalue weighted by Gasteiger charge is 2.03. The lowest BCUT2D eigenvalue weighted by Crippen LogP contribution is -1.92. The number of halogens is 2. The summed E-state index contributed by atoms with van der Waals surface area (Å²) >= 11 is 6.60. The summed E-state index contributed by atoms with van der Waals surface area (Å²) in [7, 11) is 0. The van der Waals surface area contributed by atoms with Crippen LogP contribution in [0.1, 0.15) is 0 Å². The van der Waals surface area contributed by atoms with E-state index in [1.54, 1.807) is 6.07 Å². The zero-order valence-electron chi connectivity index (χ0n) is 6.46. The molecule has 0 aliphatic carbocycles. The first-order valence-corrected chi connectivity index (χ1v) is 5.14. The molecule has 0 spiro atoms. The highest BCUT2D eigenvalue weighted by Crippen LogP contribution is 2.23. The molecule has 0 saturated carbocycles. The van der Waals surface area contributed by atoms with Crippen molar-refractivity contribution in [3.63, 3.8) is 0 Å². The Morgan fingerprint density at radius 2 is 1.92 bits per heavy atom. The van der Waals surface area contributed by atoms with Crippen molar-refractivity contribution in [2.24, 2.45) is 0 Å². The molecule has 0 amide bonds. The van der Waals surface area contributed by atoms with E-state index in [1.165, 1.54) is 0 Å². The first kappa shape index (κ1) is 8.90. The van der Waals surface area contributed by atoms with Crippen LogP contribution in [0.4, 0.5) is 5.82 Å². The average molecular weight is 303 g/mol. The number of nitrogens with two attached hydrogens (primary N) is 1. The van der Waals surface area contributed by atoms with Crippen molar-refractivity contribution in [2.45, 2.75) is 0 Å². The topological polar surface area (TPSA) is 51.8 Å². The molecular weight excluding hydrogens is 298 g/mol. The zero-order valence-corrected chi connectivity index (χ0v) is 9.63. The third kappa shape index (κ3) is 1.66. The normalized spacial score (nSPS) is 10.6. The number of nitrogens with zero attached hydrogens (tertiary/aromatic N) is 2. The van der Waals surface area contributed by atoms with E-state index < -0.39 is 0 Å². The van der Waals surface area contributed by atoms with E-state index >= 15 is 0 Å². The van der Waals surface area contributed by atoms with Crippen LogP contribution in [-0.2, 0) is 0 Å².